The molecule has 4 heteroatoms. The minimum atomic E-state index is 0.808. The largest absolute Gasteiger partial charge is 0.345 e. The number of H-pyrrole nitrogens is 1. The first-order valence-corrected chi connectivity index (χ1v) is 5.36. The lowest BCUT2D eigenvalue weighted by Gasteiger charge is -2.05. The topological polar surface area (TPSA) is 53.6 Å². The van der Waals surface area contributed by atoms with E-state index in [4.69, 9.17) is 0 Å². The van der Waals surface area contributed by atoms with Crippen LogP contribution in [0.1, 0.15) is 22.6 Å². The van der Waals surface area contributed by atoms with Crippen LogP contribution in [0, 0.1) is 13.8 Å². The molecule has 0 spiro atoms. The number of aromatic nitrogens is 3. The number of nitrogens with one attached hydrogen (secondary N) is 2. The van der Waals surface area contributed by atoms with Gasteiger partial charge in [0.2, 0.25) is 0 Å². The quantitative estimate of drug-likeness (QED) is 0.818. The predicted molar refractivity (Wildman–Crippen MR) is 62.8 cm³/mol. The summed E-state index contributed by atoms with van der Waals surface area (Å²) in [6.07, 6.45) is 5.57. The van der Waals surface area contributed by atoms with E-state index in [1.54, 1.807) is 0 Å². The van der Waals surface area contributed by atoms with Crippen LogP contribution in [-0.2, 0) is 13.1 Å². The summed E-state index contributed by atoms with van der Waals surface area (Å²) in [4.78, 5) is 11.4. The average molecular weight is 216 g/mol. The van der Waals surface area contributed by atoms with Crippen LogP contribution in [0.15, 0.2) is 24.7 Å². The number of rotatable bonds is 4. The number of hydrogen-bond acceptors (Lipinski definition) is 3. The minimum Gasteiger partial charge on any atom is -0.345 e. The van der Waals surface area contributed by atoms with Crippen LogP contribution in [0.5, 0.6) is 0 Å². The number of nitrogens with zero attached hydrogens (tertiary/aromatic N) is 2. The van der Waals surface area contributed by atoms with Gasteiger partial charge in [0.15, 0.2) is 0 Å². The Hall–Kier alpha value is -1.68. The minimum absolute atomic E-state index is 0.808. The summed E-state index contributed by atoms with van der Waals surface area (Å²) in [5.41, 5.74) is 3.62. The summed E-state index contributed by atoms with van der Waals surface area (Å²) in [5.74, 6) is 0.955. The van der Waals surface area contributed by atoms with Gasteiger partial charge in [-0.1, -0.05) is 0 Å². The zero-order valence-corrected chi connectivity index (χ0v) is 9.62. The second-order valence-corrected chi connectivity index (χ2v) is 3.90. The smallest absolute Gasteiger partial charge is 0.103 e. The molecule has 2 aromatic rings. The second kappa shape index (κ2) is 4.90. The fourth-order valence-electron chi connectivity index (χ4n) is 1.59. The van der Waals surface area contributed by atoms with Gasteiger partial charge in [0.05, 0.1) is 0 Å². The van der Waals surface area contributed by atoms with Gasteiger partial charge in [-0.3, -0.25) is 4.98 Å². The number of imidazole rings is 1. The Morgan fingerprint density at radius 2 is 2.12 bits per heavy atom. The molecule has 0 atom stereocenters. The molecule has 0 amide bonds. The molecule has 0 aliphatic heterocycles. The standard InChI is InChI=1S/C12H16N4/c1-9-5-13-4-3-11(9)6-14-7-12-8-15-10(2)16-12/h3-5,8,14H,6-7H2,1-2H3,(H,15,16). The van der Waals surface area contributed by atoms with E-state index < -0.39 is 0 Å². The number of pyridine rings is 1. The highest BCUT2D eigenvalue weighted by Gasteiger charge is 1.99. The molecule has 0 fully saturated rings. The zero-order valence-electron chi connectivity index (χ0n) is 9.62. The summed E-state index contributed by atoms with van der Waals surface area (Å²) in [6.45, 7) is 5.69. The molecule has 0 aromatic carbocycles. The van der Waals surface area contributed by atoms with Gasteiger partial charge in [0, 0.05) is 37.4 Å². The van der Waals surface area contributed by atoms with Crippen molar-refractivity contribution in [3.63, 3.8) is 0 Å². The van der Waals surface area contributed by atoms with E-state index >= 15 is 0 Å². The molecule has 0 saturated heterocycles. The SMILES string of the molecule is Cc1ncc(CNCc2ccncc2C)[nH]1. The lowest BCUT2D eigenvalue weighted by atomic mass is 10.1. The molecule has 2 aromatic heterocycles. The van der Waals surface area contributed by atoms with Crippen molar-refractivity contribution in [3.8, 4) is 0 Å². The molecule has 84 valence electrons. The molecule has 0 aliphatic carbocycles. The molecule has 0 unspecified atom stereocenters. The Balaban J connectivity index is 1.87. The molecule has 0 aliphatic rings. The highest BCUT2D eigenvalue weighted by atomic mass is 15.0. The first kappa shape index (κ1) is 10.8. The van der Waals surface area contributed by atoms with E-state index in [2.05, 4.69) is 27.2 Å². The predicted octanol–water partition coefficient (Wildman–Crippen LogP) is 1.71. The van der Waals surface area contributed by atoms with E-state index in [0.717, 1.165) is 24.6 Å². The monoisotopic (exact) mass is 216 g/mol. The summed E-state index contributed by atoms with van der Waals surface area (Å²) in [7, 11) is 0. The van der Waals surface area contributed by atoms with Gasteiger partial charge in [-0.2, -0.15) is 0 Å². The van der Waals surface area contributed by atoms with Crippen LogP contribution < -0.4 is 5.32 Å². The van der Waals surface area contributed by atoms with Crippen molar-refractivity contribution < 1.29 is 0 Å². The van der Waals surface area contributed by atoms with Gasteiger partial charge in [-0.15, -0.1) is 0 Å². The van der Waals surface area contributed by atoms with Gasteiger partial charge in [-0.25, -0.2) is 4.98 Å². The number of hydrogen-bond donors (Lipinski definition) is 2. The molecule has 0 saturated carbocycles. The molecule has 2 rings (SSSR count). The van der Waals surface area contributed by atoms with Crippen molar-refractivity contribution in [3.05, 3.63) is 47.3 Å². The number of aryl methyl sites for hydroxylation is 2. The summed E-state index contributed by atoms with van der Waals surface area (Å²) in [5, 5.41) is 3.37. The van der Waals surface area contributed by atoms with Gasteiger partial charge < -0.3 is 10.3 Å². The highest BCUT2D eigenvalue weighted by molar-refractivity contribution is 5.21. The van der Waals surface area contributed by atoms with Crippen LogP contribution in [0.2, 0.25) is 0 Å². The van der Waals surface area contributed by atoms with Crippen molar-refractivity contribution in [2.24, 2.45) is 0 Å². The first-order valence-electron chi connectivity index (χ1n) is 5.36. The lowest BCUT2D eigenvalue weighted by molar-refractivity contribution is 0.678. The second-order valence-electron chi connectivity index (χ2n) is 3.90. The van der Waals surface area contributed by atoms with Crippen molar-refractivity contribution in [1.82, 2.24) is 20.3 Å². The highest BCUT2D eigenvalue weighted by Crippen LogP contribution is 2.04. The fraction of sp³-hybridized carbons (Fsp3) is 0.333. The molecule has 2 N–H and O–H groups in total. The third-order valence-corrected chi connectivity index (χ3v) is 2.52. The average Bonchev–Trinajstić information content (AvgIpc) is 2.67. The van der Waals surface area contributed by atoms with Crippen molar-refractivity contribution in [2.45, 2.75) is 26.9 Å². The van der Waals surface area contributed by atoms with Crippen molar-refractivity contribution in [1.29, 1.82) is 0 Å². The van der Waals surface area contributed by atoms with E-state index in [1.165, 1.54) is 11.1 Å². The van der Waals surface area contributed by atoms with Gasteiger partial charge in [0.1, 0.15) is 5.82 Å². The Morgan fingerprint density at radius 1 is 1.25 bits per heavy atom. The summed E-state index contributed by atoms with van der Waals surface area (Å²) in [6, 6.07) is 2.04. The van der Waals surface area contributed by atoms with E-state index in [-0.39, 0.29) is 0 Å². The van der Waals surface area contributed by atoms with Crippen molar-refractivity contribution in [2.75, 3.05) is 0 Å². The third kappa shape index (κ3) is 2.67. The molecular weight excluding hydrogens is 200 g/mol. The van der Waals surface area contributed by atoms with Gasteiger partial charge >= 0.3 is 0 Å². The lowest BCUT2D eigenvalue weighted by Crippen LogP contribution is -2.13. The van der Waals surface area contributed by atoms with Gasteiger partial charge in [-0.05, 0) is 31.0 Å². The summed E-state index contributed by atoms with van der Waals surface area (Å²) < 4.78 is 0. The van der Waals surface area contributed by atoms with Crippen LogP contribution in [-0.4, -0.2) is 15.0 Å². The first-order chi connectivity index (χ1) is 7.75. The van der Waals surface area contributed by atoms with Crippen LogP contribution >= 0.6 is 0 Å². The number of aromatic amines is 1. The Kier molecular flexibility index (Phi) is 3.31. The molecular formula is C12H16N4. The maximum atomic E-state index is 4.15. The van der Waals surface area contributed by atoms with E-state index in [1.807, 2.05) is 31.6 Å². The zero-order chi connectivity index (χ0) is 11.4. The maximum absolute atomic E-state index is 4.15. The van der Waals surface area contributed by atoms with E-state index in [0.29, 0.717) is 0 Å². The maximum Gasteiger partial charge on any atom is 0.103 e. The Morgan fingerprint density at radius 3 is 2.81 bits per heavy atom. The summed E-state index contributed by atoms with van der Waals surface area (Å²) >= 11 is 0. The third-order valence-electron chi connectivity index (χ3n) is 2.52. The normalized spacial score (nSPS) is 10.6. The Bertz CT molecular complexity index is 462. The Labute approximate surface area is 95.1 Å². The fourth-order valence-corrected chi connectivity index (χ4v) is 1.59. The molecule has 0 radical (unpaired) electrons. The van der Waals surface area contributed by atoms with Crippen LogP contribution in [0.3, 0.4) is 0 Å². The van der Waals surface area contributed by atoms with Gasteiger partial charge in [0.25, 0.3) is 0 Å². The van der Waals surface area contributed by atoms with Crippen LogP contribution in [0.25, 0.3) is 0 Å². The van der Waals surface area contributed by atoms with Crippen LogP contribution in [0.4, 0.5) is 0 Å². The molecule has 4 nitrogen and oxygen atoms in total. The molecule has 2 heterocycles. The van der Waals surface area contributed by atoms with Crippen molar-refractivity contribution >= 4 is 0 Å². The van der Waals surface area contributed by atoms with E-state index in [9.17, 15) is 0 Å². The molecule has 0 bridgehead atoms. The molecule has 16 heavy (non-hydrogen) atoms.